The average molecular weight is 99.1 g/mol. The summed E-state index contributed by atoms with van der Waals surface area (Å²) in [4.78, 5) is 18.9. The number of aliphatic carboxylic acids is 1. The van der Waals surface area contributed by atoms with E-state index in [4.69, 9.17) is 0 Å². The summed E-state index contributed by atoms with van der Waals surface area (Å²) < 4.78 is 0. The van der Waals surface area contributed by atoms with Crippen LogP contribution in [-0.4, -0.2) is 11.9 Å². The minimum atomic E-state index is -1.46. The second-order valence-corrected chi connectivity index (χ2v) is 1.01. The Morgan fingerprint density at radius 1 is 1.71 bits per heavy atom. The van der Waals surface area contributed by atoms with Crippen molar-refractivity contribution in [2.24, 2.45) is 0 Å². The molecule has 0 spiro atoms. The molecule has 0 aromatic heterocycles. The van der Waals surface area contributed by atoms with Gasteiger partial charge in [-0.25, -0.2) is 4.79 Å². The van der Waals surface area contributed by atoms with Gasteiger partial charge in [0.2, 0.25) is 0 Å². The largest absolute Gasteiger partial charge is 0.544 e. The smallest absolute Gasteiger partial charge is 0.129 e. The second kappa shape index (κ2) is 2.16. The maximum atomic E-state index is 9.52. The predicted molar refractivity (Wildman–Crippen MR) is 19.9 cm³/mol. The van der Waals surface area contributed by atoms with Crippen LogP contribution < -0.4 is 5.11 Å². The predicted octanol–water partition coefficient (Wildman–Crippen LogP) is -1.49. The SMILES string of the molecule is CC(=C=O)C(=O)[O-]. The van der Waals surface area contributed by atoms with E-state index in [0.29, 0.717) is 0 Å². The molecule has 3 nitrogen and oxygen atoms in total. The molecule has 0 rings (SSSR count). The summed E-state index contributed by atoms with van der Waals surface area (Å²) in [5.41, 5.74) is -0.403. The summed E-state index contributed by atoms with van der Waals surface area (Å²) in [7, 11) is 0. The lowest BCUT2D eigenvalue weighted by molar-refractivity contribution is -0.299. The molecule has 0 aliphatic rings. The van der Waals surface area contributed by atoms with Crippen LogP contribution >= 0.6 is 0 Å². The zero-order valence-electron chi connectivity index (χ0n) is 3.72. The first kappa shape index (κ1) is 5.92. The summed E-state index contributed by atoms with van der Waals surface area (Å²) in [5.74, 6) is -0.294. The van der Waals surface area contributed by atoms with E-state index in [-0.39, 0.29) is 0 Å². The lowest BCUT2D eigenvalue weighted by Crippen LogP contribution is -2.23. The lowest BCUT2D eigenvalue weighted by Gasteiger charge is -1.90. The summed E-state index contributed by atoms with van der Waals surface area (Å²) >= 11 is 0. The lowest BCUT2D eigenvalue weighted by atomic mass is 10.4. The highest BCUT2D eigenvalue weighted by molar-refractivity contribution is 5.92. The van der Waals surface area contributed by atoms with Crippen molar-refractivity contribution in [3.8, 4) is 0 Å². The molecule has 0 aliphatic carbocycles. The monoisotopic (exact) mass is 99.0 g/mol. The highest BCUT2D eigenvalue weighted by Gasteiger charge is 1.83. The Labute approximate surface area is 40.3 Å². The molecule has 38 valence electrons. The first-order valence-electron chi connectivity index (χ1n) is 1.61. The van der Waals surface area contributed by atoms with Crippen LogP contribution in [0.3, 0.4) is 0 Å². The van der Waals surface area contributed by atoms with Crippen molar-refractivity contribution < 1.29 is 14.7 Å². The number of rotatable bonds is 1. The number of hydrogen-bond donors (Lipinski definition) is 0. The molecule has 0 N–H and O–H groups in total. The minimum absolute atomic E-state index is 0.403. The number of carbonyl (C=O) groups excluding carboxylic acids is 2. The van der Waals surface area contributed by atoms with Crippen molar-refractivity contribution in [3.63, 3.8) is 0 Å². The summed E-state index contributed by atoms with van der Waals surface area (Å²) in [5, 5.41) is 9.52. The Bertz CT molecular complexity index is 130. The van der Waals surface area contributed by atoms with Crippen LogP contribution in [0.15, 0.2) is 5.57 Å². The Morgan fingerprint density at radius 3 is 2.14 bits per heavy atom. The van der Waals surface area contributed by atoms with Crippen molar-refractivity contribution in [2.75, 3.05) is 0 Å². The molecule has 7 heavy (non-hydrogen) atoms. The van der Waals surface area contributed by atoms with Crippen molar-refractivity contribution >= 4 is 11.9 Å². The van der Waals surface area contributed by atoms with E-state index in [1.54, 1.807) is 0 Å². The van der Waals surface area contributed by atoms with Gasteiger partial charge in [0, 0.05) is 0 Å². The third-order valence-corrected chi connectivity index (χ3v) is 0.459. The zero-order valence-corrected chi connectivity index (χ0v) is 3.72. The van der Waals surface area contributed by atoms with Crippen LogP contribution in [0, 0.1) is 0 Å². The van der Waals surface area contributed by atoms with Crippen molar-refractivity contribution in [1.82, 2.24) is 0 Å². The van der Waals surface area contributed by atoms with E-state index < -0.39 is 11.5 Å². The Balaban J connectivity index is 4.10. The van der Waals surface area contributed by atoms with Crippen LogP contribution in [0.2, 0.25) is 0 Å². The topological polar surface area (TPSA) is 57.2 Å². The number of carbonyl (C=O) groups is 1. The van der Waals surface area contributed by atoms with Crippen LogP contribution in [-0.2, 0) is 9.59 Å². The Hall–Kier alpha value is -1.08. The van der Waals surface area contributed by atoms with Crippen molar-refractivity contribution in [1.29, 1.82) is 0 Å². The Kier molecular flexibility index (Phi) is 1.82. The number of hydrogen-bond acceptors (Lipinski definition) is 3. The van der Waals surface area contributed by atoms with Gasteiger partial charge in [-0.1, -0.05) is 0 Å². The summed E-state index contributed by atoms with van der Waals surface area (Å²) in [6.07, 6.45) is 0. The molecule has 0 fully saturated rings. The van der Waals surface area contributed by atoms with E-state index in [2.05, 4.69) is 0 Å². The highest BCUT2D eigenvalue weighted by Crippen LogP contribution is 1.76. The molecule has 0 aromatic rings. The normalized spacial score (nSPS) is 7.00. The summed E-state index contributed by atoms with van der Waals surface area (Å²) in [6, 6.07) is 0. The first-order chi connectivity index (χ1) is 3.18. The molecule has 3 heteroatoms. The van der Waals surface area contributed by atoms with E-state index in [1.807, 2.05) is 0 Å². The highest BCUT2D eigenvalue weighted by atomic mass is 16.4. The molecule has 0 heterocycles. The van der Waals surface area contributed by atoms with E-state index in [9.17, 15) is 14.7 Å². The molecule has 0 aromatic carbocycles. The van der Waals surface area contributed by atoms with Gasteiger partial charge < -0.3 is 9.90 Å². The number of carboxylic acid groups (broad SMARTS) is 1. The van der Waals surface area contributed by atoms with Crippen molar-refractivity contribution in [3.05, 3.63) is 5.57 Å². The molecular weight excluding hydrogens is 96.0 g/mol. The molecule has 0 saturated carbocycles. The van der Waals surface area contributed by atoms with Gasteiger partial charge in [0.25, 0.3) is 0 Å². The number of carboxylic acids is 1. The van der Waals surface area contributed by atoms with Gasteiger partial charge in [-0.15, -0.1) is 0 Å². The average Bonchev–Trinajstić information content (AvgIpc) is 1.65. The minimum Gasteiger partial charge on any atom is -0.544 e. The molecule has 0 unspecified atom stereocenters. The van der Waals surface area contributed by atoms with Gasteiger partial charge in [-0.2, -0.15) is 0 Å². The van der Waals surface area contributed by atoms with Crippen LogP contribution in [0.1, 0.15) is 6.92 Å². The standard InChI is InChI=1S/C4H4O3/c1-3(2-5)4(6)7/h1H3,(H,6,7)/p-1. The maximum absolute atomic E-state index is 9.52. The second-order valence-electron chi connectivity index (χ2n) is 1.01. The van der Waals surface area contributed by atoms with E-state index >= 15 is 0 Å². The van der Waals surface area contributed by atoms with Crippen molar-refractivity contribution in [2.45, 2.75) is 6.92 Å². The van der Waals surface area contributed by atoms with Crippen LogP contribution in [0.25, 0.3) is 0 Å². The molecule has 0 bridgehead atoms. The van der Waals surface area contributed by atoms with E-state index in [1.165, 1.54) is 5.94 Å². The van der Waals surface area contributed by atoms with Crippen LogP contribution in [0.5, 0.6) is 0 Å². The molecule has 0 radical (unpaired) electrons. The molecule has 0 saturated heterocycles. The Morgan fingerprint density at radius 2 is 2.14 bits per heavy atom. The maximum Gasteiger partial charge on any atom is 0.129 e. The van der Waals surface area contributed by atoms with Gasteiger partial charge in [0.05, 0.1) is 11.5 Å². The van der Waals surface area contributed by atoms with Gasteiger partial charge in [-0.3, -0.25) is 0 Å². The zero-order chi connectivity index (χ0) is 5.86. The van der Waals surface area contributed by atoms with Gasteiger partial charge in [-0.05, 0) is 6.92 Å². The third-order valence-electron chi connectivity index (χ3n) is 0.459. The molecular formula is C4H3O3-. The van der Waals surface area contributed by atoms with Crippen LogP contribution in [0.4, 0.5) is 0 Å². The third kappa shape index (κ3) is 1.73. The first-order valence-corrected chi connectivity index (χ1v) is 1.61. The van der Waals surface area contributed by atoms with Gasteiger partial charge in [0.15, 0.2) is 0 Å². The summed E-state index contributed by atoms with van der Waals surface area (Å²) in [6.45, 7) is 1.13. The fraction of sp³-hybridized carbons (Fsp3) is 0.250. The molecule has 0 atom stereocenters. The molecule has 0 amide bonds. The molecule has 0 aliphatic heterocycles. The quantitative estimate of drug-likeness (QED) is 0.297. The fourth-order valence-electron chi connectivity index (χ4n) is 0.0417. The van der Waals surface area contributed by atoms with Gasteiger partial charge in [0.1, 0.15) is 5.94 Å². The van der Waals surface area contributed by atoms with E-state index in [0.717, 1.165) is 6.92 Å². The van der Waals surface area contributed by atoms with Gasteiger partial charge >= 0.3 is 0 Å². The fourth-order valence-corrected chi connectivity index (χ4v) is 0.0417.